The second-order valence-corrected chi connectivity index (χ2v) is 4.67. The van der Waals surface area contributed by atoms with Crippen molar-refractivity contribution in [3.63, 3.8) is 0 Å². The minimum Gasteiger partial charge on any atom is -0.494 e. The Kier molecular flexibility index (Phi) is 6.26. The largest absolute Gasteiger partial charge is 0.494 e. The highest BCUT2D eigenvalue weighted by molar-refractivity contribution is 5.76. The number of carbonyl (C=O) groups is 1. The molecule has 0 fully saturated rings. The zero-order valence-corrected chi connectivity index (χ0v) is 11.5. The Labute approximate surface area is 110 Å². The number of rotatable bonds is 7. The molecule has 1 aromatic carbocycles. The number of hydrogen-bond acceptors (Lipinski definition) is 2. The van der Waals surface area contributed by atoms with E-state index in [2.05, 4.69) is 24.4 Å². The highest BCUT2D eigenvalue weighted by Crippen LogP contribution is 2.12. The molecule has 0 saturated carbocycles. The van der Waals surface area contributed by atoms with Crippen molar-refractivity contribution in [2.75, 3.05) is 6.61 Å². The molecule has 0 saturated heterocycles. The molecule has 0 aromatic heterocycles. The monoisotopic (exact) mass is 249 g/mol. The lowest BCUT2D eigenvalue weighted by Gasteiger charge is -2.09. The molecule has 0 aliphatic heterocycles. The van der Waals surface area contributed by atoms with Crippen LogP contribution in [0, 0.1) is 0 Å². The summed E-state index contributed by atoms with van der Waals surface area (Å²) in [6, 6.07) is 8.31. The maximum atomic E-state index is 11.4. The molecule has 1 N–H and O–H groups in total. The lowest BCUT2D eigenvalue weighted by molar-refractivity contribution is -0.121. The van der Waals surface area contributed by atoms with Gasteiger partial charge in [-0.05, 0) is 44.4 Å². The van der Waals surface area contributed by atoms with Gasteiger partial charge in [0.05, 0.1) is 6.61 Å². The highest BCUT2D eigenvalue weighted by Gasteiger charge is 2.02. The van der Waals surface area contributed by atoms with E-state index in [-0.39, 0.29) is 11.9 Å². The normalized spacial score (nSPS) is 10.4. The van der Waals surface area contributed by atoms with Crippen LogP contribution in [0.15, 0.2) is 24.3 Å². The number of carbonyl (C=O) groups excluding carboxylic acids is 1. The van der Waals surface area contributed by atoms with Crippen LogP contribution in [0.4, 0.5) is 0 Å². The molecule has 1 aromatic rings. The average molecular weight is 249 g/mol. The molecule has 0 bridgehead atoms. The van der Waals surface area contributed by atoms with Crippen LogP contribution in [0.3, 0.4) is 0 Å². The van der Waals surface area contributed by atoms with E-state index < -0.39 is 0 Å². The van der Waals surface area contributed by atoms with Crippen LogP contribution in [-0.2, 0) is 11.2 Å². The summed E-state index contributed by atoms with van der Waals surface area (Å²) >= 11 is 0. The third-order valence-corrected chi connectivity index (χ3v) is 2.60. The van der Waals surface area contributed by atoms with Gasteiger partial charge in [0.1, 0.15) is 5.75 Å². The predicted octanol–water partition coefficient (Wildman–Crippen LogP) is 2.93. The summed E-state index contributed by atoms with van der Waals surface area (Å²) in [7, 11) is 0. The van der Waals surface area contributed by atoms with E-state index in [1.165, 1.54) is 5.56 Å². The maximum Gasteiger partial charge on any atom is 0.220 e. The van der Waals surface area contributed by atoms with Crippen LogP contribution in [0.5, 0.6) is 5.75 Å². The number of nitrogens with one attached hydrogen (secondary N) is 1. The van der Waals surface area contributed by atoms with Gasteiger partial charge in [-0.25, -0.2) is 0 Å². The fourth-order valence-corrected chi connectivity index (χ4v) is 1.64. The van der Waals surface area contributed by atoms with E-state index in [0.717, 1.165) is 18.6 Å². The van der Waals surface area contributed by atoms with Crippen molar-refractivity contribution in [3.8, 4) is 5.75 Å². The molecule has 3 heteroatoms. The highest BCUT2D eigenvalue weighted by atomic mass is 16.5. The van der Waals surface area contributed by atoms with E-state index >= 15 is 0 Å². The van der Waals surface area contributed by atoms with Crippen LogP contribution >= 0.6 is 0 Å². The van der Waals surface area contributed by atoms with Crippen molar-refractivity contribution in [1.29, 1.82) is 0 Å². The van der Waals surface area contributed by atoms with E-state index in [4.69, 9.17) is 4.74 Å². The Balaban J connectivity index is 2.19. The summed E-state index contributed by atoms with van der Waals surface area (Å²) in [6.45, 7) is 6.63. The second-order valence-electron chi connectivity index (χ2n) is 4.67. The number of aryl methyl sites for hydroxylation is 1. The van der Waals surface area contributed by atoms with Gasteiger partial charge in [0.2, 0.25) is 5.91 Å². The Morgan fingerprint density at radius 2 is 1.94 bits per heavy atom. The zero-order chi connectivity index (χ0) is 13.4. The van der Waals surface area contributed by atoms with Gasteiger partial charge >= 0.3 is 0 Å². The molecule has 100 valence electrons. The molecule has 0 unspecified atom stereocenters. The van der Waals surface area contributed by atoms with Gasteiger partial charge in [-0.15, -0.1) is 0 Å². The Bertz CT molecular complexity index is 357. The van der Waals surface area contributed by atoms with Crippen LogP contribution in [0.25, 0.3) is 0 Å². The maximum absolute atomic E-state index is 11.4. The van der Waals surface area contributed by atoms with E-state index in [1.54, 1.807) is 0 Å². The van der Waals surface area contributed by atoms with Crippen molar-refractivity contribution in [3.05, 3.63) is 29.8 Å². The summed E-state index contributed by atoms with van der Waals surface area (Å²) in [5.41, 5.74) is 1.30. The second kappa shape index (κ2) is 7.75. The Hall–Kier alpha value is -1.51. The van der Waals surface area contributed by atoms with Gasteiger partial charge < -0.3 is 10.1 Å². The van der Waals surface area contributed by atoms with Gasteiger partial charge in [-0.3, -0.25) is 4.79 Å². The molecule has 0 heterocycles. The lowest BCUT2D eigenvalue weighted by atomic mass is 10.2. The first-order chi connectivity index (χ1) is 8.61. The molecule has 0 aliphatic rings. The fraction of sp³-hybridized carbons (Fsp3) is 0.533. The molecular weight excluding hydrogens is 226 g/mol. The number of amides is 1. The van der Waals surface area contributed by atoms with Crippen molar-refractivity contribution >= 4 is 5.91 Å². The first kappa shape index (κ1) is 14.6. The zero-order valence-electron chi connectivity index (χ0n) is 11.5. The summed E-state index contributed by atoms with van der Waals surface area (Å²) < 4.78 is 5.58. The standard InChI is InChI=1S/C15H23NO2/c1-4-13-7-9-14(10-8-13)18-11-5-6-15(17)16-12(2)3/h7-10,12H,4-6,11H2,1-3H3,(H,16,17). The molecule has 3 nitrogen and oxygen atoms in total. The molecule has 18 heavy (non-hydrogen) atoms. The van der Waals surface area contributed by atoms with Crippen LogP contribution in [-0.4, -0.2) is 18.6 Å². The van der Waals surface area contributed by atoms with Gasteiger partial charge in [-0.1, -0.05) is 19.1 Å². The van der Waals surface area contributed by atoms with Crippen molar-refractivity contribution in [1.82, 2.24) is 5.32 Å². The minimum absolute atomic E-state index is 0.0925. The van der Waals surface area contributed by atoms with Gasteiger partial charge in [-0.2, -0.15) is 0 Å². The molecule has 1 rings (SSSR count). The number of ether oxygens (including phenoxy) is 1. The third kappa shape index (κ3) is 5.71. The SMILES string of the molecule is CCc1ccc(OCCCC(=O)NC(C)C)cc1. The Morgan fingerprint density at radius 3 is 2.50 bits per heavy atom. The molecule has 0 spiro atoms. The first-order valence-electron chi connectivity index (χ1n) is 6.63. The van der Waals surface area contributed by atoms with Crippen LogP contribution in [0.1, 0.15) is 39.2 Å². The molecule has 0 radical (unpaired) electrons. The van der Waals surface area contributed by atoms with Crippen molar-refractivity contribution in [2.45, 2.75) is 46.1 Å². The van der Waals surface area contributed by atoms with Gasteiger partial charge in [0, 0.05) is 12.5 Å². The summed E-state index contributed by atoms with van der Waals surface area (Å²) in [6.07, 6.45) is 2.30. The van der Waals surface area contributed by atoms with Gasteiger partial charge in [0.25, 0.3) is 0 Å². The van der Waals surface area contributed by atoms with Crippen LogP contribution < -0.4 is 10.1 Å². The molecule has 0 atom stereocenters. The summed E-state index contributed by atoms with van der Waals surface area (Å²) in [5.74, 6) is 0.964. The predicted molar refractivity (Wildman–Crippen MR) is 73.8 cm³/mol. The Morgan fingerprint density at radius 1 is 1.28 bits per heavy atom. The summed E-state index contributed by atoms with van der Waals surface area (Å²) in [5, 5.41) is 2.86. The van der Waals surface area contributed by atoms with E-state index in [9.17, 15) is 4.79 Å². The quantitative estimate of drug-likeness (QED) is 0.754. The number of hydrogen-bond donors (Lipinski definition) is 1. The van der Waals surface area contributed by atoms with Crippen molar-refractivity contribution < 1.29 is 9.53 Å². The van der Waals surface area contributed by atoms with Gasteiger partial charge in [0.15, 0.2) is 0 Å². The topological polar surface area (TPSA) is 38.3 Å². The molecular formula is C15H23NO2. The minimum atomic E-state index is 0.0925. The summed E-state index contributed by atoms with van der Waals surface area (Å²) in [4.78, 5) is 11.4. The van der Waals surface area contributed by atoms with Crippen molar-refractivity contribution in [2.24, 2.45) is 0 Å². The third-order valence-electron chi connectivity index (χ3n) is 2.60. The molecule has 1 amide bonds. The molecule has 0 aliphatic carbocycles. The van der Waals surface area contributed by atoms with E-state index in [0.29, 0.717) is 13.0 Å². The van der Waals surface area contributed by atoms with E-state index in [1.807, 2.05) is 26.0 Å². The first-order valence-corrected chi connectivity index (χ1v) is 6.63. The fourth-order valence-electron chi connectivity index (χ4n) is 1.64. The average Bonchev–Trinajstić information content (AvgIpc) is 2.34. The van der Waals surface area contributed by atoms with Crippen LogP contribution in [0.2, 0.25) is 0 Å². The smallest absolute Gasteiger partial charge is 0.220 e. The number of benzene rings is 1. The lowest BCUT2D eigenvalue weighted by Crippen LogP contribution is -2.30.